The maximum Gasteiger partial charge on any atom is 0.274 e. The Bertz CT molecular complexity index is 992. The third kappa shape index (κ3) is 4.98. The number of hydrogen-bond acceptors (Lipinski definition) is 5. The van der Waals surface area contributed by atoms with Gasteiger partial charge < -0.3 is 15.4 Å². The van der Waals surface area contributed by atoms with Crippen LogP contribution in [0.25, 0.3) is 0 Å². The van der Waals surface area contributed by atoms with E-state index in [1.54, 1.807) is 18.2 Å². The fourth-order valence-electron chi connectivity index (χ4n) is 2.55. The molecule has 1 aromatic heterocycles. The van der Waals surface area contributed by atoms with Crippen LogP contribution in [0.3, 0.4) is 0 Å². The van der Waals surface area contributed by atoms with E-state index in [-0.39, 0.29) is 17.7 Å². The Balaban J connectivity index is 1.78. The number of aromatic nitrogens is 2. The molecule has 6 nitrogen and oxygen atoms in total. The number of nitrogens with one attached hydrogen (secondary N) is 2. The quantitative estimate of drug-likeness (QED) is 0.597. The third-order valence-corrected chi connectivity index (χ3v) is 4.06. The first-order chi connectivity index (χ1) is 13.4. The SMILES string of the molecule is Cc1cc(Cl)ccc1Nc1nccc(C(=O)Nc2ccccc2OC(C)C)n1. The molecule has 0 aliphatic heterocycles. The van der Waals surface area contributed by atoms with Crippen LogP contribution in [-0.4, -0.2) is 22.0 Å². The summed E-state index contributed by atoms with van der Waals surface area (Å²) in [6.45, 7) is 5.79. The van der Waals surface area contributed by atoms with Gasteiger partial charge in [0.05, 0.1) is 11.8 Å². The number of benzene rings is 2. The maximum atomic E-state index is 12.7. The van der Waals surface area contributed by atoms with E-state index in [9.17, 15) is 4.79 Å². The molecule has 0 unspecified atom stereocenters. The molecule has 0 bridgehead atoms. The van der Waals surface area contributed by atoms with E-state index < -0.39 is 0 Å². The van der Waals surface area contributed by atoms with Crippen LogP contribution in [0.5, 0.6) is 5.75 Å². The molecular formula is C21H21ClN4O2. The van der Waals surface area contributed by atoms with E-state index >= 15 is 0 Å². The van der Waals surface area contributed by atoms with E-state index in [4.69, 9.17) is 16.3 Å². The smallest absolute Gasteiger partial charge is 0.274 e. The second kappa shape index (κ2) is 8.71. The highest BCUT2D eigenvalue weighted by molar-refractivity contribution is 6.30. The fourth-order valence-corrected chi connectivity index (χ4v) is 2.77. The summed E-state index contributed by atoms with van der Waals surface area (Å²) in [6, 6.07) is 14.3. The lowest BCUT2D eigenvalue weighted by Gasteiger charge is -2.14. The molecule has 0 radical (unpaired) electrons. The molecule has 0 saturated carbocycles. The number of halogens is 1. The van der Waals surface area contributed by atoms with Crippen molar-refractivity contribution in [1.82, 2.24) is 9.97 Å². The molecule has 0 saturated heterocycles. The lowest BCUT2D eigenvalue weighted by Crippen LogP contribution is -2.16. The van der Waals surface area contributed by atoms with Crippen molar-refractivity contribution >= 4 is 34.8 Å². The third-order valence-electron chi connectivity index (χ3n) is 3.82. The minimum atomic E-state index is -0.349. The molecule has 0 atom stereocenters. The summed E-state index contributed by atoms with van der Waals surface area (Å²) in [7, 11) is 0. The van der Waals surface area contributed by atoms with Crippen molar-refractivity contribution in [3.8, 4) is 5.75 Å². The highest BCUT2D eigenvalue weighted by Crippen LogP contribution is 2.26. The first-order valence-corrected chi connectivity index (χ1v) is 9.23. The minimum Gasteiger partial charge on any atom is -0.489 e. The number of amides is 1. The lowest BCUT2D eigenvalue weighted by atomic mass is 10.2. The van der Waals surface area contributed by atoms with Gasteiger partial charge in [-0.2, -0.15) is 0 Å². The highest BCUT2D eigenvalue weighted by Gasteiger charge is 2.13. The first kappa shape index (κ1) is 19.6. The molecule has 144 valence electrons. The summed E-state index contributed by atoms with van der Waals surface area (Å²) < 4.78 is 5.74. The van der Waals surface area contributed by atoms with Gasteiger partial charge in [-0.1, -0.05) is 23.7 Å². The standard InChI is InChI=1S/C21H21ClN4O2/c1-13(2)28-19-7-5-4-6-17(19)24-20(27)18-10-11-23-21(26-18)25-16-9-8-15(22)12-14(16)3/h4-13H,1-3H3,(H,24,27)(H,23,25,26). The van der Waals surface area contributed by atoms with Crippen LogP contribution in [0.4, 0.5) is 17.3 Å². The summed E-state index contributed by atoms with van der Waals surface area (Å²) in [6.07, 6.45) is 1.53. The molecule has 3 rings (SSSR count). The van der Waals surface area contributed by atoms with Crippen LogP contribution >= 0.6 is 11.6 Å². The van der Waals surface area contributed by atoms with Crippen LogP contribution in [0.2, 0.25) is 5.02 Å². The van der Waals surface area contributed by atoms with Crippen LogP contribution in [0.1, 0.15) is 29.9 Å². The molecule has 0 aliphatic rings. The van der Waals surface area contributed by atoms with E-state index in [0.717, 1.165) is 11.3 Å². The van der Waals surface area contributed by atoms with E-state index in [2.05, 4.69) is 20.6 Å². The van der Waals surface area contributed by atoms with Gasteiger partial charge in [-0.25, -0.2) is 9.97 Å². The topological polar surface area (TPSA) is 76.1 Å². The molecule has 2 aromatic carbocycles. The van der Waals surface area contributed by atoms with Crippen LogP contribution in [0, 0.1) is 6.92 Å². The summed E-state index contributed by atoms with van der Waals surface area (Å²) in [5, 5.41) is 6.61. The predicted octanol–water partition coefficient (Wildman–Crippen LogP) is 5.22. The van der Waals surface area contributed by atoms with Crippen molar-refractivity contribution in [3.05, 3.63) is 71.0 Å². The van der Waals surface area contributed by atoms with Gasteiger partial charge in [-0.05, 0) is 62.7 Å². The number of anilines is 3. The Kier molecular flexibility index (Phi) is 6.11. The second-order valence-corrected chi connectivity index (χ2v) is 6.90. The average molecular weight is 397 g/mol. The van der Waals surface area contributed by atoms with E-state index in [1.165, 1.54) is 6.20 Å². The van der Waals surface area contributed by atoms with E-state index in [0.29, 0.717) is 22.4 Å². The van der Waals surface area contributed by atoms with Gasteiger partial charge in [0.25, 0.3) is 5.91 Å². The number of ether oxygens (including phenoxy) is 1. The van der Waals surface area contributed by atoms with Gasteiger partial charge in [0.15, 0.2) is 0 Å². The summed E-state index contributed by atoms with van der Waals surface area (Å²) >= 11 is 5.99. The number of para-hydroxylation sites is 2. The van der Waals surface area contributed by atoms with Gasteiger partial charge in [0, 0.05) is 16.9 Å². The number of carbonyl (C=O) groups is 1. The Morgan fingerprint density at radius 2 is 1.89 bits per heavy atom. The summed E-state index contributed by atoms with van der Waals surface area (Å²) in [4.78, 5) is 21.2. The van der Waals surface area contributed by atoms with Gasteiger partial charge in [-0.3, -0.25) is 4.79 Å². The van der Waals surface area contributed by atoms with Crippen molar-refractivity contribution in [2.45, 2.75) is 26.9 Å². The largest absolute Gasteiger partial charge is 0.489 e. The second-order valence-electron chi connectivity index (χ2n) is 6.47. The molecular weight excluding hydrogens is 376 g/mol. The van der Waals surface area contributed by atoms with E-state index in [1.807, 2.05) is 51.1 Å². The summed E-state index contributed by atoms with van der Waals surface area (Å²) in [5.74, 6) is 0.581. The molecule has 28 heavy (non-hydrogen) atoms. The van der Waals surface area contributed by atoms with Gasteiger partial charge in [0.1, 0.15) is 11.4 Å². The number of hydrogen-bond donors (Lipinski definition) is 2. The first-order valence-electron chi connectivity index (χ1n) is 8.85. The number of rotatable bonds is 6. The Morgan fingerprint density at radius 3 is 2.64 bits per heavy atom. The molecule has 3 aromatic rings. The van der Waals surface area contributed by atoms with Crippen molar-refractivity contribution in [1.29, 1.82) is 0 Å². The molecule has 2 N–H and O–H groups in total. The zero-order chi connectivity index (χ0) is 20.1. The van der Waals surface area contributed by atoms with Crippen molar-refractivity contribution in [2.75, 3.05) is 10.6 Å². The minimum absolute atomic E-state index is 0.00415. The van der Waals surface area contributed by atoms with Crippen LogP contribution in [0.15, 0.2) is 54.7 Å². The zero-order valence-corrected chi connectivity index (χ0v) is 16.6. The molecule has 7 heteroatoms. The number of aryl methyl sites for hydroxylation is 1. The van der Waals surface area contributed by atoms with Gasteiger partial charge in [0.2, 0.25) is 5.95 Å². The lowest BCUT2D eigenvalue weighted by molar-refractivity contribution is 0.102. The highest BCUT2D eigenvalue weighted by atomic mass is 35.5. The monoisotopic (exact) mass is 396 g/mol. The Morgan fingerprint density at radius 1 is 1.11 bits per heavy atom. The molecule has 1 heterocycles. The summed E-state index contributed by atoms with van der Waals surface area (Å²) in [5.41, 5.74) is 2.59. The molecule has 0 aliphatic carbocycles. The zero-order valence-electron chi connectivity index (χ0n) is 15.9. The molecule has 0 spiro atoms. The predicted molar refractivity (Wildman–Crippen MR) is 112 cm³/mol. The maximum absolute atomic E-state index is 12.7. The van der Waals surface area contributed by atoms with Crippen LogP contribution in [-0.2, 0) is 0 Å². The Labute approximate surface area is 168 Å². The van der Waals surface area contributed by atoms with Gasteiger partial charge >= 0.3 is 0 Å². The van der Waals surface area contributed by atoms with Crippen molar-refractivity contribution < 1.29 is 9.53 Å². The normalized spacial score (nSPS) is 10.6. The van der Waals surface area contributed by atoms with Gasteiger partial charge in [-0.15, -0.1) is 0 Å². The number of carbonyl (C=O) groups excluding carboxylic acids is 1. The van der Waals surface area contributed by atoms with Crippen molar-refractivity contribution in [2.24, 2.45) is 0 Å². The fraction of sp³-hybridized carbons (Fsp3) is 0.190. The van der Waals surface area contributed by atoms with Crippen LogP contribution < -0.4 is 15.4 Å². The van der Waals surface area contributed by atoms with Crippen molar-refractivity contribution in [3.63, 3.8) is 0 Å². The Hall–Kier alpha value is -3.12. The average Bonchev–Trinajstić information content (AvgIpc) is 2.65. The number of nitrogens with zero attached hydrogens (tertiary/aromatic N) is 2. The molecule has 1 amide bonds. The molecule has 0 fully saturated rings.